The molecular formula is C25H37N5O6. The zero-order chi connectivity index (χ0) is 27.2. The maximum atomic E-state index is 13.4. The topological polar surface area (TPSA) is 163 Å². The van der Waals surface area contributed by atoms with Crippen LogP contribution in [0, 0.1) is 24.2 Å². The Kier molecular flexibility index (Phi) is 9.71. The first kappa shape index (κ1) is 28.9. The van der Waals surface area contributed by atoms with Crippen molar-refractivity contribution < 1.29 is 24.3 Å². The molecule has 2 aromatic rings. The lowest BCUT2D eigenvalue weighted by atomic mass is 9.84. The highest BCUT2D eigenvalue weighted by Gasteiger charge is 2.39. The van der Waals surface area contributed by atoms with Crippen LogP contribution in [0.2, 0.25) is 0 Å². The van der Waals surface area contributed by atoms with E-state index in [0.717, 1.165) is 0 Å². The first-order valence-electron chi connectivity index (χ1n) is 11.9. The molecule has 0 saturated carbocycles. The molecule has 198 valence electrons. The molecule has 0 fully saturated rings. The Labute approximate surface area is 210 Å². The zero-order valence-corrected chi connectivity index (χ0v) is 21.9. The van der Waals surface area contributed by atoms with Gasteiger partial charge in [0.2, 0.25) is 11.8 Å². The number of amides is 3. The van der Waals surface area contributed by atoms with E-state index in [4.69, 9.17) is 4.74 Å². The fourth-order valence-electron chi connectivity index (χ4n) is 3.96. The van der Waals surface area contributed by atoms with Gasteiger partial charge in [0, 0.05) is 7.05 Å². The van der Waals surface area contributed by atoms with Gasteiger partial charge in [-0.05, 0) is 42.4 Å². The number of aromatic nitrogens is 2. The third-order valence-corrected chi connectivity index (χ3v) is 5.78. The molecule has 11 nitrogen and oxygen atoms in total. The summed E-state index contributed by atoms with van der Waals surface area (Å²) >= 11 is 0. The molecule has 3 atom stereocenters. The standard InChI is InChI=1S/C25H37N5O6/c1-13(2)10-17(22(32)29-20(24(34)26-7)25(4,5)6)19(23(33)30-35)36-12-15-8-9-18-16(11-15)21(31)28-14(3)27-18/h8-9,11,13,17,19-20,35H,10,12H2,1-7H3,(H,26,34)(H,29,32)(H,30,33)(H,27,28,31)/t17-,19-,20+/m0/s1. The molecule has 0 radical (unpaired) electrons. The van der Waals surface area contributed by atoms with Gasteiger partial charge in [-0.25, -0.2) is 10.5 Å². The first-order valence-corrected chi connectivity index (χ1v) is 11.9. The number of hydrogen-bond acceptors (Lipinski definition) is 7. The number of nitrogens with one attached hydrogen (secondary N) is 4. The molecule has 11 heteroatoms. The summed E-state index contributed by atoms with van der Waals surface area (Å²) in [5.74, 6) is -2.31. The number of ether oxygens (including phenoxy) is 1. The van der Waals surface area contributed by atoms with Gasteiger partial charge in [0.15, 0.2) is 0 Å². The normalized spacial score (nSPS) is 14.2. The fourth-order valence-corrected chi connectivity index (χ4v) is 3.96. The number of benzene rings is 1. The number of carbonyl (C=O) groups excluding carboxylic acids is 3. The summed E-state index contributed by atoms with van der Waals surface area (Å²) < 4.78 is 5.87. The molecule has 0 aliphatic rings. The largest absolute Gasteiger partial charge is 0.363 e. The van der Waals surface area contributed by atoms with Crippen molar-refractivity contribution in [3.63, 3.8) is 0 Å². The molecule has 0 aliphatic heterocycles. The van der Waals surface area contributed by atoms with Crippen LogP contribution in [-0.2, 0) is 25.7 Å². The van der Waals surface area contributed by atoms with Crippen LogP contribution in [0.1, 0.15) is 52.4 Å². The van der Waals surface area contributed by atoms with Crippen molar-refractivity contribution in [2.45, 2.75) is 66.7 Å². The second-order valence-corrected chi connectivity index (χ2v) is 10.4. The van der Waals surface area contributed by atoms with Crippen LogP contribution in [0.4, 0.5) is 0 Å². The Hall–Kier alpha value is -3.31. The maximum Gasteiger partial charge on any atom is 0.273 e. The molecule has 1 aromatic carbocycles. The van der Waals surface area contributed by atoms with Crippen LogP contribution >= 0.6 is 0 Å². The smallest absolute Gasteiger partial charge is 0.273 e. The molecule has 3 amide bonds. The Bertz CT molecular complexity index is 1150. The number of fused-ring (bicyclic) bond motifs is 1. The Morgan fingerprint density at radius 2 is 1.81 bits per heavy atom. The minimum absolute atomic E-state index is 0.0000251. The summed E-state index contributed by atoms with van der Waals surface area (Å²) in [4.78, 5) is 57.7. The molecule has 0 saturated heterocycles. The van der Waals surface area contributed by atoms with Crippen molar-refractivity contribution in [3.05, 3.63) is 39.9 Å². The molecule has 36 heavy (non-hydrogen) atoms. The Morgan fingerprint density at radius 1 is 1.14 bits per heavy atom. The second-order valence-electron chi connectivity index (χ2n) is 10.4. The van der Waals surface area contributed by atoms with Crippen molar-refractivity contribution in [2.75, 3.05) is 7.05 Å². The van der Waals surface area contributed by atoms with Crippen LogP contribution < -0.4 is 21.7 Å². The lowest BCUT2D eigenvalue weighted by Gasteiger charge is -2.33. The molecule has 1 heterocycles. The van der Waals surface area contributed by atoms with E-state index < -0.39 is 35.3 Å². The van der Waals surface area contributed by atoms with E-state index in [1.54, 1.807) is 30.6 Å². The summed E-state index contributed by atoms with van der Waals surface area (Å²) in [6, 6.07) is 4.13. The maximum absolute atomic E-state index is 13.4. The molecule has 1 aromatic heterocycles. The third kappa shape index (κ3) is 7.34. The molecule has 0 bridgehead atoms. The predicted molar refractivity (Wildman–Crippen MR) is 134 cm³/mol. The van der Waals surface area contributed by atoms with Gasteiger partial charge in [0.1, 0.15) is 18.0 Å². The van der Waals surface area contributed by atoms with Crippen molar-refractivity contribution in [2.24, 2.45) is 17.3 Å². The third-order valence-electron chi connectivity index (χ3n) is 5.78. The summed E-state index contributed by atoms with van der Waals surface area (Å²) in [7, 11) is 1.48. The van der Waals surface area contributed by atoms with E-state index in [0.29, 0.717) is 22.3 Å². The number of nitrogens with zero attached hydrogens (tertiary/aromatic N) is 1. The van der Waals surface area contributed by atoms with Crippen molar-refractivity contribution in [1.29, 1.82) is 0 Å². The minimum Gasteiger partial charge on any atom is -0.363 e. The number of rotatable bonds is 10. The van der Waals surface area contributed by atoms with Gasteiger partial charge in [-0.15, -0.1) is 0 Å². The van der Waals surface area contributed by atoms with E-state index in [1.165, 1.54) is 7.05 Å². The summed E-state index contributed by atoms with van der Waals surface area (Å²) in [5.41, 5.74) is 1.78. The zero-order valence-electron chi connectivity index (χ0n) is 21.9. The van der Waals surface area contributed by atoms with E-state index in [9.17, 15) is 24.4 Å². The Morgan fingerprint density at radius 3 is 2.36 bits per heavy atom. The van der Waals surface area contributed by atoms with Gasteiger partial charge in [0.05, 0.1) is 23.4 Å². The van der Waals surface area contributed by atoms with Crippen LogP contribution in [0.15, 0.2) is 23.0 Å². The van der Waals surface area contributed by atoms with Gasteiger partial charge in [-0.3, -0.25) is 24.4 Å². The lowest BCUT2D eigenvalue weighted by Crippen LogP contribution is -2.56. The number of aromatic amines is 1. The van der Waals surface area contributed by atoms with Gasteiger partial charge >= 0.3 is 0 Å². The highest BCUT2D eigenvalue weighted by Crippen LogP contribution is 2.24. The van der Waals surface area contributed by atoms with Crippen LogP contribution in [0.3, 0.4) is 0 Å². The average Bonchev–Trinajstić information content (AvgIpc) is 2.80. The summed E-state index contributed by atoms with van der Waals surface area (Å²) in [6.45, 7) is 10.8. The number of likely N-dealkylation sites (N-methyl/N-ethyl adjacent to an activating group) is 1. The monoisotopic (exact) mass is 503 g/mol. The van der Waals surface area contributed by atoms with Crippen LogP contribution in [-0.4, -0.2) is 52.1 Å². The number of H-pyrrole nitrogens is 1. The van der Waals surface area contributed by atoms with E-state index >= 15 is 0 Å². The lowest BCUT2D eigenvalue weighted by molar-refractivity contribution is -0.153. The number of carbonyl (C=O) groups is 3. The SMILES string of the molecule is CNC(=O)[C@@H](NC(=O)[C@@H](CC(C)C)[C@H](OCc1ccc2nc(C)[nH]c(=O)c2c1)C(=O)NO)C(C)(C)C. The highest BCUT2D eigenvalue weighted by molar-refractivity contribution is 5.92. The summed E-state index contributed by atoms with van der Waals surface area (Å²) in [5, 5.41) is 15.1. The molecule has 0 unspecified atom stereocenters. The fraction of sp³-hybridized carbons (Fsp3) is 0.560. The minimum atomic E-state index is -1.35. The average molecular weight is 504 g/mol. The van der Waals surface area contributed by atoms with Gasteiger partial charge in [-0.1, -0.05) is 40.7 Å². The molecule has 5 N–H and O–H groups in total. The van der Waals surface area contributed by atoms with E-state index in [-0.39, 0.29) is 30.4 Å². The van der Waals surface area contributed by atoms with Crippen LogP contribution in [0.25, 0.3) is 10.9 Å². The first-order chi connectivity index (χ1) is 16.8. The second kappa shape index (κ2) is 12.1. The van der Waals surface area contributed by atoms with Crippen molar-refractivity contribution >= 4 is 28.6 Å². The van der Waals surface area contributed by atoms with Gasteiger partial charge < -0.3 is 20.4 Å². The summed E-state index contributed by atoms with van der Waals surface area (Å²) in [6.07, 6.45) is -1.09. The Balaban J connectivity index is 2.35. The molecule has 0 spiro atoms. The quantitative estimate of drug-likeness (QED) is 0.243. The van der Waals surface area contributed by atoms with Crippen molar-refractivity contribution in [3.8, 4) is 0 Å². The number of hydrogen-bond donors (Lipinski definition) is 5. The molecule has 2 rings (SSSR count). The van der Waals surface area contributed by atoms with Gasteiger partial charge in [-0.2, -0.15) is 0 Å². The van der Waals surface area contributed by atoms with E-state index in [1.807, 2.05) is 34.6 Å². The van der Waals surface area contributed by atoms with Crippen molar-refractivity contribution in [1.82, 2.24) is 26.1 Å². The number of aryl methyl sites for hydroxylation is 1. The highest BCUT2D eigenvalue weighted by atomic mass is 16.5. The molecular weight excluding hydrogens is 466 g/mol. The van der Waals surface area contributed by atoms with Gasteiger partial charge in [0.25, 0.3) is 11.5 Å². The van der Waals surface area contributed by atoms with E-state index in [2.05, 4.69) is 20.6 Å². The predicted octanol–water partition coefficient (Wildman–Crippen LogP) is 1.56. The number of hydroxylamine groups is 1. The van der Waals surface area contributed by atoms with Crippen LogP contribution in [0.5, 0.6) is 0 Å². The molecule has 0 aliphatic carbocycles.